The molecule has 5 N–H and O–H groups in total. The molecule has 8 heteroatoms. The summed E-state index contributed by atoms with van der Waals surface area (Å²) in [5.74, 6) is -0.933. The Kier molecular flexibility index (Phi) is 12.7. The topological polar surface area (TPSA) is 117 Å². The number of aliphatic carboxylic acids is 1. The van der Waals surface area contributed by atoms with Crippen molar-refractivity contribution >= 4 is 14.8 Å². The summed E-state index contributed by atoms with van der Waals surface area (Å²) in [4.78, 5) is 10.1. The Morgan fingerprint density at radius 1 is 1.22 bits per heavy atom. The largest absolute Gasteiger partial charge is 0.496 e. The highest BCUT2D eigenvalue weighted by molar-refractivity contribution is 6.58. The zero-order chi connectivity index (χ0) is 14.6. The average Bonchev–Trinajstić information content (AvgIpc) is 2.38. The van der Waals surface area contributed by atoms with Crippen LogP contribution in [0.25, 0.3) is 0 Å². The molecule has 0 radical (unpaired) electrons. The van der Waals surface area contributed by atoms with Gasteiger partial charge >= 0.3 is 14.8 Å². The Bertz CT molecular complexity index is 206. The second kappa shape index (κ2) is 11.6. The molecule has 18 heavy (non-hydrogen) atoms. The molecule has 0 aliphatic rings. The predicted octanol–water partition coefficient (Wildman–Crippen LogP) is 0.0216. The third-order valence-electron chi connectivity index (χ3n) is 2.40. The van der Waals surface area contributed by atoms with Crippen LogP contribution in [-0.4, -0.2) is 53.8 Å². The first-order chi connectivity index (χ1) is 8.36. The maximum Gasteiger partial charge on any atom is 0.496 e. The van der Waals surface area contributed by atoms with Gasteiger partial charge < -0.3 is 29.9 Å². The van der Waals surface area contributed by atoms with Gasteiger partial charge in [0.05, 0.1) is 0 Å². The first kappa shape index (κ1) is 19.8. The van der Waals surface area contributed by atoms with Crippen molar-refractivity contribution in [3.8, 4) is 0 Å². The molecule has 0 saturated carbocycles. The van der Waals surface area contributed by atoms with Crippen molar-refractivity contribution in [3.63, 3.8) is 0 Å². The molecule has 0 fully saturated rings. The third kappa shape index (κ3) is 10.6. The van der Waals surface area contributed by atoms with Crippen molar-refractivity contribution in [3.05, 3.63) is 0 Å². The fourth-order valence-corrected chi connectivity index (χ4v) is 1.38. The van der Waals surface area contributed by atoms with Crippen LogP contribution in [0, 0.1) is 0 Å². The van der Waals surface area contributed by atoms with Crippen LogP contribution in [0.1, 0.15) is 19.3 Å². The van der Waals surface area contributed by atoms with Crippen LogP contribution >= 0.6 is 0 Å². The van der Waals surface area contributed by atoms with E-state index in [-0.39, 0.29) is 0 Å². The minimum absolute atomic E-state index is 0.520. The van der Waals surface area contributed by atoms with E-state index in [2.05, 4.69) is 0 Å². The lowest BCUT2D eigenvalue weighted by molar-refractivity contribution is -0.138. The van der Waals surface area contributed by atoms with Crippen LogP contribution in [0.15, 0.2) is 0 Å². The molecule has 0 aromatic rings. The molecule has 0 aliphatic carbocycles. The molecular weight excluding hydrogens is 256 g/mol. The van der Waals surface area contributed by atoms with E-state index in [1.807, 2.05) is 6.55 Å². The number of unbranched alkanes of at least 4 members (excludes halogenated alkanes) is 1. The lowest BCUT2D eigenvalue weighted by Crippen LogP contribution is -2.38. The second-order valence-corrected chi connectivity index (χ2v) is 6.65. The standard InChI is InChI=1S/C6H14N2O2.C4H12O3Si/c7-4-2-1-3-5(8)6(9)10;1-5-8(4,6-2)7-3/h5H,1-4,7-8H2,(H,9,10);1-4H3/t5-;/m0./s1. The number of carbonyl (C=O) groups is 1. The van der Waals surface area contributed by atoms with Crippen molar-refractivity contribution in [2.24, 2.45) is 11.5 Å². The normalized spacial score (nSPS) is 12.6. The van der Waals surface area contributed by atoms with Crippen molar-refractivity contribution in [2.75, 3.05) is 27.9 Å². The minimum Gasteiger partial charge on any atom is -0.480 e. The smallest absolute Gasteiger partial charge is 0.480 e. The summed E-state index contributed by atoms with van der Waals surface area (Å²) in [6.07, 6.45) is 2.16. The summed E-state index contributed by atoms with van der Waals surface area (Å²) in [6, 6.07) is -0.716. The van der Waals surface area contributed by atoms with E-state index in [1.54, 1.807) is 21.3 Å². The fourth-order valence-electron chi connectivity index (χ4n) is 0.882. The van der Waals surface area contributed by atoms with Crippen LogP contribution in [0.4, 0.5) is 0 Å². The summed E-state index contributed by atoms with van der Waals surface area (Å²) >= 11 is 0. The Hall–Kier alpha value is -0.513. The highest BCUT2D eigenvalue weighted by Gasteiger charge is 2.29. The van der Waals surface area contributed by atoms with Gasteiger partial charge in [-0.2, -0.15) is 0 Å². The zero-order valence-corrected chi connectivity index (χ0v) is 12.6. The molecule has 0 aromatic heterocycles. The maximum atomic E-state index is 10.1. The van der Waals surface area contributed by atoms with Crippen molar-refractivity contribution < 1.29 is 23.2 Å². The number of carboxylic acids is 1. The van der Waals surface area contributed by atoms with Crippen molar-refractivity contribution in [1.29, 1.82) is 0 Å². The molecule has 0 amide bonds. The van der Waals surface area contributed by atoms with Crippen molar-refractivity contribution in [1.82, 2.24) is 0 Å². The first-order valence-corrected chi connectivity index (χ1v) is 7.93. The summed E-state index contributed by atoms with van der Waals surface area (Å²) in [6.45, 7) is 2.43. The predicted molar refractivity (Wildman–Crippen MR) is 71.2 cm³/mol. The number of hydrogen-bond acceptors (Lipinski definition) is 6. The van der Waals surface area contributed by atoms with Crippen LogP contribution in [-0.2, 0) is 18.1 Å². The third-order valence-corrected chi connectivity index (χ3v) is 4.62. The van der Waals surface area contributed by atoms with E-state index >= 15 is 0 Å². The lowest BCUT2D eigenvalue weighted by atomic mass is 10.1. The molecule has 0 heterocycles. The van der Waals surface area contributed by atoms with E-state index in [4.69, 9.17) is 29.9 Å². The van der Waals surface area contributed by atoms with E-state index in [1.165, 1.54) is 0 Å². The number of rotatable bonds is 8. The SMILES string of the molecule is CO[Si](C)(OC)OC.NCCCC[C@H](N)C(=O)O. The van der Waals surface area contributed by atoms with Gasteiger partial charge in [0.15, 0.2) is 0 Å². The fraction of sp³-hybridized carbons (Fsp3) is 0.900. The van der Waals surface area contributed by atoms with Crippen LogP contribution in [0.5, 0.6) is 0 Å². The van der Waals surface area contributed by atoms with Gasteiger partial charge in [-0.1, -0.05) is 6.42 Å². The van der Waals surface area contributed by atoms with E-state index in [0.29, 0.717) is 13.0 Å². The number of hydrogen-bond donors (Lipinski definition) is 3. The summed E-state index contributed by atoms with van der Waals surface area (Å²) in [7, 11) is 2.58. The molecule has 0 unspecified atom stereocenters. The monoisotopic (exact) mass is 282 g/mol. The van der Waals surface area contributed by atoms with Gasteiger partial charge in [-0.25, -0.2) is 0 Å². The molecule has 0 aliphatic heterocycles. The minimum atomic E-state index is -2.17. The van der Waals surface area contributed by atoms with E-state index in [0.717, 1.165) is 12.8 Å². The maximum absolute atomic E-state index is 10.1. The van der Waals surface area contributed by atoms with Gasteiger partial charge in [0, 0.05) is 27.9 Å². The van der Waals surface area contributed by atoms with Gasteiger partial charge in [0.2, 0.25) is 0 Å². The molecule has 1 atom stereocenters. The molecule has 0 bridgehead atoms. The highest BCUT2D eigenvalue weighted by Crippen LogP contribution is 2.02. The molecule has 7 nitrogen and oxygen atoms in total. The molecule has 0 rings (SSSR count). The molecule has 0 spiro atoms. The Balaban J connectivity index is 0. The van der Waals surface area contributed by atoms with Gasteiger partial charge in [-0.05, 0) is 19.4 Å². The summed E-state index contributed by atoms with van der Waals surface area (Å²) in [5.41, 5.74) is 10.4. The Morgan fingerprint density at radius 2 is 1.67 bits per heavy atom. The van der Waals surface area contributed by atoms with Gasteiger partial charge in [0.25, 0.3) is 0 Å². The van der Waals surface area contributed by atoms with Gasteiger partial charge in [-0.15, -0.1) is 0 Å². The van der Waals surface area contributed by atoms with E-state index < -0.39 is 20.8 Å². The first-order valence-electron chi connectivity index (χ1n) is 5.70. The van der Waals surface area contributed by atoms with Crippen LogP contribution in [0.3, 0.4) is 0 Å². The van der Waals surface area contributed by atoms with Crippen molar-refractivity contribution in [2.45, 2.75) is 31.9 Å². The molecular formula is C10H26N2O5Si. The highest BCUT2D eigenvalue weighted by atomic mass is 28.4. The lowest BCUT2D eigenvalue weighted by Gasteiger charge is -2.18. The Labute approximate surface area is 110 Å². The molecule has 0 aromatic carbocycles. The number of nitrogens with two attached hydrogens (primary N) is 2. The molecule has 110 valence electrons. The second-order valence-electron chi connectivity index (χ2n) is 3.70. The number of carboxylic acid groups (broad SMARTS) is 1. The van der Waals surface area contributed by atoms with Gasteiger partial charge in [-0.3, -0.25) is 4.79 Å². The van der Waals surface area contributed by atoms with Crippen LogP contribution < -0.4 is 11.5 Å². The van der Waals surface area contributed by atoms with Crippen LogP contribution in [0.2, 0.25) is 6.55 Å². The quantitative estimate of drug-likeness (QED) is 0.424. The summed E-state index contributed by atoms with van der Waals surface area (Å²) < 4.78 is 14.8. The average molecular weight is 282 g/mol. The molecule has 0 saturated heterocycles. The van der Waals surface area contributed by atoms with Gasteiger partial charge in [0.1, 0.15) is 6.04 Å². The zero-order valence-electron chi connectivity index (χ0n) is 11.6. The summed E-state index contributed by atoms with van der Waals surface area (Å²) in [5, 5.41) is 8.33. The van der Waals surface area contributed by atoms with E-state index in [9.17, 15) is 4.79 Å². The Morgan fingerprint density at radius 3 is 1.89 bits per heavy atom.